The van der Waals surface area contributed by atoms with Crippen molar-refractivity contribution in [3.63, 3.8) is 0 Å². The molecule has 1 aromatic carbocycles. The Balaban J connectivity index is 2.33. The molecule has 0 saturated carbocycles. The first-order valence-electron chi connectivity index (χ1n) is 4.07. The Bertz CT molecular complexity index is 304. The van der Waals surface area contributed by atoms with Gasteiger partial charge in [-0.1, -0.05) is 30.3 Å². The van der Waals surface area contributed by atoms with E-state index in [0.717, 1.165) is 5.56 Å². The van der Waals surface area contributed by atoms with Crippen LogP contribution in [0.3, 0.4) is 0 Å². The molecular weight excluding hydrogens is 193 g/mol. The van der Waals surface area contributed by atoms with Crippen molar-refractivity contribution in [1.29, 1.82) is 0 Å². The van der Waals surface area contributed by atoms with E-state index in [0.29, 0.717) is 6.42 Å². The van der Waals surface area contributed by atoms with Crippen LogP contribution in [0.1, 0.15) is 5.56 Å². The summed E-state index contributed by atoms with van der Waals surface area (Å²) in [5.74, 6) is 0. The van der Waals surface area contributed by atoms with Gasteiger partial charge in [-0.3, -0.25) is 0 Å². The van der Waals surface area contributed by atoms with Gasteiger partial charge in [0.05, 0.1) is 6.61 Å². The number of rotatable bonds is 4. The smallest absolute Gasteiger partial charge is 0.342 e. The monoisotopic (exact) mass is 202 g/mol. The maximum Gasteiger partial charge on any atom is 0.342 e. The van der Waals surface area contributed by atoms with Crippen LogP contribution in [0, 0.1) is 0 Å². The quantitative estimate of drug-likeness (QED) is 0.681. The van der Waals surface area contributed by atoms with Gasteiger partial charge in [0.1, 0.15) is 0 Å². The van der Waals surface area contributed by atoms with Crippen molar-refractivity contribution in [3.8, 4) is 0 Å². The zero-order valence-electron chi connectivity index (χ0n) is 7.34. The van der Waals surface area contributed by atoms with Crippen LogP contribution < -0.4 is 0 Å². The molecule has 1 rings (SSSR count). The first kappa shape index (κ1) is 10.6. The summed E-state index contributed by atoms with van der Waals surface area (Å²) >= 11 is 0. The van der Waals surface area contributed by atoms with Gasteiger partial charge in [0.25, 0.3) is 0 Å². The maximum atomic E-state index is 12.1. The van der Waals surface area contributed by atoms with E-state index in [9.17, 15) is 13.2 Å². The van der Waals surface area contributed by atoms with E-state index in [2.05, 4.69) is 4.74 Å². The van der Waals surface area contributed by atoms with Crippen molar-refractivity contribution < 1.29 is 17.9 Å². The van der Waals surface area contributed by atoms with Crippen LogP contribution in [0.25, 0.3) is 0 Å². The van der Waals surface area contributed by atoms with Crippen LogP contribution in [0.2, 0.25) is 0 Å². The van der Waals surface area contributed by atoms with Gasteiger partial charge in [-0.25, -0.2) is 0 Å². The number of hydrogen-bond donors (Lipinski definition) is 0. The molecule has 0 heterocycles. The van der Waals surface area contributed by atoms with Gasteiger partial charge in [-0.2, -0.15) is 13.2 Å². The second-order valence-electron chi connectivity index (χ2n) is 2.62. The van der Waals surface area contributed by atoms with Crippen LogP contribution in [0.4, 0.5) is 13.2 Å². The van der Waals surface area contributed by atoms with Crippen molar-refractivity contribution in [3.05, 3.63) is 48.0 Å². The molecule has 1 nitrogen and oxygen atoms in total. The lowest BCUT2D eigenvalue weighted by molar-refractivity contribution is 0.122. The van der Waals surface area contributed by atoms with Crippen molar-refractivity contribution in [1.82, 2.24) is 0 Å². The Morgan fingerprint density at radius 3 is 2.29 bits per heavy atom. The lowest BCUT2D eigenvalue weighted by Gasteiger charge is -2.02. The maximum absolute atomic E-state index is 12.1. The van der Waals surface area contributed by atoms with E-state index in [1.54, 1.807) is 0 Å². The standard InChI is InChI=1S/C10H9F3O/c11-9(12)10(13)14-7-6-8-4-2-1-3-5-8/h1-5H,6-7H2. The molecular formula is C10H9F3O. The molecule has 0 bridgehead atoms. The van der Waals surface area contributed by atoms with Gasteiger partial charge in [0.15, 0.2) is 0 Å². The number of ether oxygens (including phenoxy) is 1. The van der Waals surface area contributed by atoms with Gasteiger partial charge in [0.2, 0.25) is 0 Å². The highest BCUT2D eigenvalue weighted by molar-refractivity contribution is 5.14. The summed E-state index contributed by atoms with van der Waals surface area (Å²) in [5, 5.41) is 0. The molecule has 4 heteroatoms. The van der Waals surface area contributed by atoms with Gasteiger partial charge in [-0.05, 0) is 5.56 Å². The van der Waals surface area contributed by atoms with Crippen LogP contribution >= 0.6 is 0 Å². The average Bonchev–Trinajstić information content (AvgIpc) is 2.19. The molecule has 14 heavy (non-hydrogen) atoms. The molecule has 0 amide bonds. The predicted molar refractivity (Wildman–Crippen MR) is 46.4 cm³/mol. The highest BCUT2D eigenvalue weighted by Gasteiger charge is 2.05. The van der Waals surface area contributed by atoms with E-state index < -0.39 is 12.1 Å². The van der Waals surface area contributed by atoms with Crippen molar-refractivity contribution in [2.45, 2.75) is 6.42 Å². The number of halogens is 3. The Labute approximate surface area is 79.8 Å². The Hall–Kier alpha value is -1.45. The zero-order valence-corrected chi connectivity index (χ0v) is 7.34. The zero-order chi connectivity index (χ0) is 10.4. The van der Waals surface area contributed by atoms with Crippen molar-refractivity contribution in [2.24, 2.45) is 0 Å². The van der Waals surface area contributed by atoms with E-state index in [4.69, 9.17) is 0 Å². The van der Waals surface area contributed by atoms with Crippen LogP contribution in [-0.2, 0) is 11.2 Å². The Kier molecular flexibility index (Phi) is 4.04. The highest BCUT2D eigenvalue weighted by atomic mass is 19.3. The summed E-state index contributed by atoms with van der Waals surface area (Å²) in [7, 11) is 0. The van der Waals surface area contributed by atoms with Gasteiger partial charge >= 0.3 is 12.1 Å². The molecule has 0 spiro atoms. The van der Waals surface area contributed by atoms with Crippen molar-refractivity contribution in [2.75, 3.05) is 6.61 Å². The fourth-order valence-corrected chi connectivity index (χ4v) is 0.958. The molecule has 0 radical (unpaired) electrons. The summed E-state index contributed by atoms with van der Waals surface area (Å²) < 4.78 is 39.4. The minimum Gasteiger partial charge on any atom is -0.467 e. The molecule has 0 N–H and O–H groups in total. The van der Waals surface area contributed by atoms with Crippen molar-refractivity contribution >= 4 is 0 Å². The number of benzene rings is 1. The fraction of sp³-hybridized carbons (Fsp3) is 0.200. The third-order valence-corrected chi connectivity index (χ3v) is 1.61. The molecule has 0 aliphatic rings. The third-order valence-electron chi connectivity index (χ3n) is 1.61. The summed E-state index contributed by atoms with van der Waals surface area (Å²) in [6.07, 6.45) is -2.01. The summed E-state index contributed by atoms with van der Waals surface area (Å²) in [5.41, 5.74) is 0.916. The molecule has 0 aliphatic carbocycles. The summed E-state index contributed by atoms with van der Waals surface area (Å²) in [4.78, 5) is 0. The molecule has 0 atom stereocenters. The fourth-order valence-electron chi connectivity index (χ4n) is 0.958. The van der Waals surface area contributed by atoms with Crippen LogP contribution in [-0.4, -0.2) is 6.61 Å². The SMILES string of the molecule is FC(F)=C(F)OCCc1ccccc1. The van der Waals surface area contributed by atoms with Crippen LogP contribution in [0.15, 0.2) is 42.4 Å². The Morgan fingerprint density at radius 2 is 1.71 bits per heavy atom. The first-order chi connectivity index (χ1) is 6.70. The van der Waals surface area contributed by atoms with Gasteiger partial charge in [-0.15, -0.1) is 0 Å². The third kappa shape index (κ3) is 3.51. The normalized spacial score (nSPS) is 9.64. The molecule has 0 fully saturated rings. The van der Waals surface area contributed by atoms with E-state index in [1.165, 1.54) is 0 Å². The van der Waals surface area contributed by atoms with E-state index >= 15 is 0 Å². The molecule has 1 aromatic rings. The van der Waals surface area contributed by atoms with E-state index in [-0.39, 0.29) is 6.61 Å². The topological polar surface area (TPSA) is 9.23 Å². The van der Waals surface area contributed by atoms with Gasteiger partial charge in [0, 0.05) is 6.42 Å². The molecule has 0 saturated heterocycles. The summed E-state index contributed by atoms with van der Waals surface area (Å²) in [6.45, 7) is -0.0901. The van der Waals surface area contributed by atoms with Gasteiger partial charge < -0.3 is 4.74 Å². The largest absolute Gasteiger partial charge is 0.467 e. The van der Waals surface area contributed by atoms with Crippen LogP contribution in [0.5, 0.6) is 0 Å². The molecule has 0 aromatic heterocycles. The lowest BCUT2D eigenvalue weighted by atomic mass is 10.2. The predicted octanol–water partition coefficient (Wildman–Crippen LogP) is 3.28. The lowest BCUT2D eigenvalue weighted by Crippen LogP contribution is -1.96. The first-order valence-corrected chi connectivity index (χ1v) is 4.07. The molecule has 0 unspecified atom stereocenters. The molecule has 76 valence electrons. The average molecular weight is 202 g/mol. The second kappa shape index (κ2) is 5.32. The minimum absolute atomic E-state index is 0.0901. The molecule has 0 aliphatic heterocycles. The Morgan fingerprint density at radius 1 is 1.07 bits per heavy atom. The summed E-state index contributed by atoms with van der Waals surface area (Å²) in [6, 6.07) is 7.31. The minimum atomic E-state index is -2.42. The number of hydrogen-bond acceptors (Lipinski definition) is 1. The highest BCUT2D eigenvalue weighted by Crippen LogP contribution is 2.11. The van der Waals surface area contributed by atoms with E-state index in [1.807, 2.05) is 30.3 Å². The second-order valence-corrected chi connectivity index (χ2v) is 2.62.